The van der Waals surface area contributed by atoms with Gasteiger partial charge in [0.2, 0.25) is 0 Å². The maximum Gasteiger partial charge on any atom is 0.162 e. The van der Waals surface area contributed by atoms with Crippen LogP contribution in [0.2, 0.25) is 0 Å². The quantitative estimate of drug-likeness (QED) is 0.771. The van der Waals surface area contributed by atoms with E-state index in [1.807, 2.05) is 12.1 Å². The summed E-state index contributed by atoms with van der Waals surface area (Å²) in [6.07, 6.45) is 2.50. The summed E-state index contributed by atoms with van der Waals surface area (Å²) in [5, 5.41) is 3.47. The number of nitrogens with one attached hydrogen (secondary N) is 1. The third-order valence-corrected chi connectivity index (χ3v) is 4.57. The molecular formula is C18H19BrFNO2. The molecule has 0 saturated heterocycles. The summed E-state index contributed by atoms with van der Waals surface area (Å²) in [6, 6.07) is 11.1. The predicted molar refractivity (Wildman–Crippen MR) is 91.3 cm³/mol. The maximum absolute atomic E-state index is 13.7. The molecule has 1 aliphatic rings. The van der Waals surface area contributed by atoms with Crippen LogP contribution >= 0.6 is 15.9 Å². The molecular weight excluding hydrogens is 361 g/mol. The van der Waals surface area contributed by atoms with Crippen molar-refractivity contribution in [1.82, 2.24) is 5.32 Å². The van der Waals surface area contributed by atoms with Crippen molar-refractivity contribution in [2.75, 3.05) is 7.11 Å². The van der Waals surface area contributed by atoms with E-state index in [1.54, 1.807) is 25.3 Å². The summed E-state index contributed by atoms with van der Waals surface area (Å²) in [6.45, 7) is 0.949. The zero-order valence-electron chi connectivity index (χ0n) is 12.9. The summed E-state index contributed by atoms with van der Waals surface area (Å²) in [5.41, 5.74) is 1.64. The summed E-state index contributed by atoms with van der Waals surface area (Å²) < 4.78 is 25.8. The Hall–Kier alpha value is -1.59. The van der Waals surface area contributed by atoms with Gasteiger partial charge >= 0.3 is 0 Å². The topological polar surface area (TPSA) is 30.5 Å². The van der Waals surface area contributed by atoms with Gasteiger partial charge in [-0.05, 0) is 36.6 Å². The van der Waals surface area contributed by atoms with Crippen molar-refractivity contribution >= 4 is 15.9 Å². The van der Waals surface area contributed by atoms with Gasteiger partial charge in [0.25, 0.3) is 0 Å². The van der Waals surface area contributed by atoms with Gasteiger partial charge in [0.1, 0.15) is 12.4 Å². The fourth-order valence-corrected chi connectivity index (χ4v) is 2.76. The fraction of sp³-hybridized carbons (Fsp3) is 0.333. The Morgan fingerprint density at radius 1 is 1.17 bits per heavy atom. The largest absolute Gasteiger partial charge is 0.493 e. The highest BCUT2D eigenvalue weighted by Crippen LogP contribution is 2.34. The summed E-state index contributed by atoms with van der Waals surface area (Å²) in [5.74, 6) is 0.978. The van der Waals surface area contributed by atoms with Crippen LogP contribution in [0.5, 0.6) is 11.5 Å². The Morgan fingerprint density at radius 2 is 1.96 bits per heavy atom. The molecule has 2 aromatic carbocycles. The molecule has 2 aromatic rings. The van der Waals surface area contributed by atoms with Crippen LogP contribution in [-0.2, 0) is 13.2 Å². The molecule has 5 heteroatoms. The van der Waals surface area contributed by atoms with Crippen LogP contribution in [0.3, 0.4) is 0 Å². The molecule has 0 heterocycles. The minimum Gasteiger partial charge on any atom is -0.493 e. The molecule has 122 valence electrons. The van der Waals surface area contributed by atoms with Crippen LogP contribution in [0.25, 0.3) is 0 Å². The van der Waals surface area contributed by atoms with Gasteiger partial charge in [-0.15, -0.1) is 0 Å². The highest BCUT2D eigenvalue weighted by atomic mass is 79.9. The van der Waals surface area contributed by atoms with Gasteiger partial charge in [0.05, 0.1) is 7.11 Å². The minimum absolute atomic E-state index is 0.162. The van der Waals surface area contributed by atoms with E-state index in [-0.39, 0.29) is 12.4 Å². The van der Waals surface area contributed by atoms with Crippen molar-refractivity contribution in [1.29, 1.82) is 0 Å². The molecule has 0 aromatic heterocycles. The van der Waals surface area contributed by atoms with E-state index in [4.69, 9.17) is 9.47 Å². The zero-order valence-corrected chi connectivity index (χ0v) is 14.5. The number of hydrogen-bond donors (Lipinski definition) is 1. The number of ether oxygens (including phenoxy) is 2. The van der Waals surface area contributed by atoms with E-state index in [9.17, 15) is 4.39 Å². The number of rotatable bonds is 7. The van der Waals surface area contributed by atoms with Crippen molar-refractivity contribution in [2.24, 2.45) is 0 Å². The summed E-state index contributed by atoms with van der Waals surface area (Å²) in [4.78, 5) is 0. The highest BCUT2D eigenvalue weighted by molar-refractivity contribution is 9.10. The second kappa shape index (κ2) is 7.32. The molecule has 1 fully saturated rings. The van der Waals surface area contributed by atoms with E-state index in [2.05, 4.69) is 21.2 Å². The smallest absolute Gasteiger partial charge is 0.162 e. The second-order valence-electron chi connectivity index (χ2n) is 5.63. The average molecular weight is 380 g/mol. The Labute approximate surface area is 143 Å². The first kappa shape index (κ1) is 16.3. The SMILES string of the molecule is COc1cc(CNC2CC2)c(Br)cc1OCc1ccccc1F. The molecule has 0 radical (unpaired) electrons. The molecule has 3 rings (SSSR count). The lowest BCUT2D eigenvalue weighted by molar-refractivity contribution is 0.279. The van der Waals surface area contributed by atoms with Crippen LogP contribution < -0.4 is 14.8 Å². The van der Waals surface area contributed by atoms with E-state index in [0.29, 0.717) is 23.1 Å². The normalized spacial score (nSPS) is 13.9. The lowest BCUT2D eigenvalue weighted by Crippen LogP contribution is -2.15. The van der Waals surface area contributed by atoms with Gasteiger partial charge in [-0.25, -0.2) is 4.39 Å². The number of methoxy groups -OCH3 is 1. The molecule has 0 bridgehead atoms. The minimum atomic E-state index is -0.268. The van der Waals surface area contributed by atoms with E-state index < -0.39 is 0 Å². The molecule has 23 heavy (non-hydrogen) atoms. The maximum atomic E-state index is 13.7. The van der Waals surface area contributed by atoms with Crippen LogP contribution in [-0.4, -0.2) is 13.2 Å². The van der Waals surface area contributed by atoms with Crippen molar-refractivity contribution in [2.45, 2.75) is 32.0 Å². The fourth-order valence-electron chi connectivity index (χ4n) is 2.30. The van der Waals surface area contributed by atoms with E-state index in [0.717, 1.165) is 16.6 Å². The average Bonchev–Trinajstić information content (AvgIpc) is 3.37. The van der Waals surface area contributed by atoms with Gasteiger partial charge in [0.15, 0.2) is 11.5 Å². The molecule has 0 spiro atoms. The Morgan fingerprint density at radius 3 is 2.65 bits per heavy atom. The molecule has 3 nitrogen and oxygen atoms in total. The standard InChI is InChI=1S/C18H19BrFNO2/c1-22-17-8-13(10-21-14-6-7-14)15(19)9-18(17)23-11-12-4-2-3-5-16(12)20/h2-5,8-9,14,21H,6-7,10-11H2,1H3. The van der Waals surface area contributed by atoms with Crippen LogP contribution in [0.15, 0.2) is 40.9 Å². The Bertz CT molecular complexity index is 689. The Kier molecular flexibility index (Phi) is 5.18. The first-order valence-corrected chi connectivity index (χ1v) is 8.42. The zero-order chi connectivity index (χ0) is 16.2. The van der Waals surface area contributed by atoms with Crippen molar-refractivity contribution in [3.8, 4) is 11.5 Å². The third kappa shape index (κ3) is 4.24. The molecule has 1 aliphatic carbocycles. The Balaban J connectivity index is 1.72. The number of benzene rings is 2. The first-order valence-electron chi connectivity index (χ1n) is 7.63. The molecule has 1 N–H and O–H groups in total. The second-order valence-corrected chi connectivity index (χ2v) is 6.48. The molecule has 0 aliphatic heterocycles. The molecule has 1 saturated carbocycles. The molecule has 0 atom stereocenters. The number of hydrogen-bond acceptors (Lipinski definition) is 3. The summed E-state index contributed by atoms with van der Waals surface area (Å²) in [7, 11) is 1.61. The number of halogens is 2. The van der Waals surface area contributed by atoms with Gasteiger partial charge in [-0.1, -0.05) is 34.1 Å². The van der Waals surface area contributed by atoms with Crippen molar-refractivity contribution in [3.63, 3.8) is 0 Å². The lowest BCUT2D eigenvalue weighted by atomic mass is 10.2. The van der Waals surface area contributed by atoms with Gasteiger partial charge in [0, 0.05) is 22.6 Å². The predicted octanol–water partition coefficient (Wildman–Crippen LogP) is 4.43. The highest BCUT2D eigenvalue weighted by Gasteiger charge is 2.21. The van der Waals surface area contributed by atoms with Crippen LogP contribution in [0.4, 0.5) is 4.39 Å². The van der Waals surface area contributed by atoms with Gasteiger partial charge < -0.3 is 14.8 Å². The van der Waals surface area contributed by atoms with E-state index in [1.165, 1.54) is 18.9 Å². The van der Waals surface area contributed by atoms with E-state index >= 15 is 0 Å². The monoisotopic (exact) mass is 379 g/mol. The van der Waals surface area contributed by atoms with Crippen LogP contribution in [0.1, 0.15) is 24.0 Å². The van der Waals surface area contributed by atoms with Crippen molar-refractivity contribution in [3.05, 3.63) is 57.8 Å². The molecule has 0 amide bonds. The van der Waals surface area contributed by atoms with Gasteiger partial charge in [-0.3, -0.25) is 0 Å². The third-order valence-electron chi connectivity index (χ3n) is 3.83. The molecule has 0 unspecified atom stereocenters. The van der Waals surface area contributed by atoms with Crippen molar-refractivity contribution < 1.29 is 13.9 Å². The lowest BCUT2D eigenvalue weighted by Gasteiger charge is -2.14. The first-order chi connectivity index (χ1) is 11.2. The van der Waals surface area contributed by atoms with Crippen LogP contribution in [0, 0.1) is 5.82 Å². The van der Waals surface area contributed by atoms with Gasteiger partial charge in [-0.2, -0.15) is 0 Å². The summed E-state index contributed by atoms with van der Waals surface area (Å²) >= 11 is 3.57.